The summed E-state index contributed by atoms with van der Waals surface area (Å²) in [7, 11) is 0. The molecule has 130 valence electrons. The molecule has 1 aromatic heterocycles. The first-order valence-corrected chi connectivity index (χ1v) is 8.74. The van der Waals surface area contributed by atoms with E-state index in [1.807, 2.05) is 30.3 Å². The molecule has 4 aromatic rings. The predicted molar refractivity (Wildman–Crippen MR) is 103 cm³/mol. The largest absolute Gasteiger partial charge is 0.374 e. The van der Waals surface area contributed by atoms with Crippen LogP contribution in [0.5, 0.6) is 0 Å². The summed E-state index contributed by atoms with van der Waals surface area (Å²) in [5, 5.41) is 3.44. The molecule has 0 saturated heterocycles. The fourth-order valence-electron chi connectivity index (χ4n) is 3.16. The van der Waals surface area contributed by atoms with Gasteiger partial charge in [0, 0.05) is 11.3 Å². The highest BCUT2D eigenvalue weighted by Gasteiger charge is 2.19. The minimum absolute atomic E-state index is 0.178. The standard InChI is InChI=1S/C22H20FN3/c1-16-10-12-18(13-11-16)24-14-22-25-20-8-4-5-9-21(20)26(22)15-17-6-2-3-7-19(17)23/h2-13,24H,14-15H2,1H3/p+1. The molecule has 4 heteroatoms. The van der Waals surface area contributed by atoms with Crippen molar-refractivity contribution < 1.29 is 8.96 Å². The number of fused-ring (bicyclic) bond motifs is 1. The predicted octanol–water partition coefficient (Wildman–Crippen LogP) is 4.56. The summed E-state index contributed by atoms with van der Waals surface area (Å²) >= 11 is 0. The Bertz CT molecular complexity index is 1030. The molecular formula is C22H21FN3+. The van der Waals surface area contributed by atoms with Gasteiger partial charge in [-0.15, -0.1) is 0 Å². The molecule has 0 atom stereocenters. The normalized spacial score (nSPS) is 11.0. The van der Waals surface area contributed by atoms with Gasteiger partial charge in [0.25, 0.3) is 5.82 Å². The van der Waals surface area contributed by atoms with Crippen molar-refractivity contribution >= 4 is 16.7 Å². The summed E-state index contributed by atoms with van der Waals surface area (Å²) in [6, 6.07) is 23.4. The van der Waals surface area contributed by atoms with Gasteiger partial charge < -0.3 is 5.32 Å². The van der Waals surface area contributed by atoms with Crippen molar-refractivity contribution in [1.29, 1.82) is 0 Å². The fraction of sp³-hybridized carbons (Fsp3) is 0.136. The number of nitrogens with zero attached hydrogens (tertiary/aromatic N) is 1. The van der Waals surface area contributed by atoms with Crippen molar-refractivity contribution in [2.24, 2.45) is 0 Å². The Morgan fingerprint density at radius 1 is 0.923 bits per heavy atom. The Kier molecular flexibility index (Phi) is 4.40. The minimum atomic E-state index is -0.178. The lowest BCUT2D eigenvalue weighted by molar-refractivity contribution is -0.670. The van der Waals surface area contributed by atoms with E-state index in [9.17, 15) is 4.39 Å². The van der Waals surface area contributed by atoms with Crippen LogP contribution in [0.15, 0.2) is 72.8 Å². The summed E-state index contributed by atoms with van der Waals surface area (Å²) in [5.74, 6) is 0.831. The van der Waals surface area contributed by atoms with E-state index in [0.717, 1.165) is 22.5 Å². The topological polar surface area (TPSA) is 31.7 Å². The Morgan fingerprint density at radius 2 is 1.65 bits per heavy atom. The number of anilines is 1. The Balaban J connectivity index is 1.67. The van der Waals surface area contributed by atoms with Gasteiger partial charge in [0.2, 0.25) is 0 Å². The molecule has 0 aliphatic heterocycles. The first-order chi connectivity index (χ1) is 12.7. The molecule has 2 N–H and O–H groups in total. The van der Waals surface area contributed by atoms with E-state index < -0.39 is 0 Å². The minimum Gasteiger partial charge on any atom is -0.374 e. The molecule has 0 bridgehead atoms. The zero-order chi connectivity index (χ0) is 17.9. The summed E-state index contributed by atoms with van der Waals surface area (Å²) in [5.41, 5.74) is 5.09. The van der Waals surface area contributed by atoms with E-state index in [-0.39, 0.29) is 5.82 Å². The average molecular weight is 346 g/mol. The molecule has 0 amide bonds. The number of imidazole rings is 1. The number of nitrogens with one attached hydrogen (secondary N) is 2. The molecule has 0 radical (unpaired) electrons. The van der Waals surface area contributed by atoms with E-state index >= 15 is 0 Å². The van der Waals surface area contributed by atoms with Crippen LogP contribution in [0.3, 0.4) is 0 Å². The number of hydrogen-bond donors (Lipinski definition) is 2. The Morgan fingerprint density at radius 3 is 2.46 bits per heavy atom. The average Bonchev–Trinajstić information content (AvgIpc) is 3.01. The molecule has 3 nitrogen and oxygen atoms in total. The molecule has 26 heavy (non-hydrogen) atoms. The van der Waals surface area contributed by atoms with Crippen molar-refractivity contribution in [3.8, 4) is 0 Å². The number of rotatable bonds is 5. The highest BCUT2D eigenvalue weighted by molar-refractivity contribution is 5.71. The van der Waals surface area contributed by atoms with Crippen LogP contribution in [-0.2, 0) is 13.1 Å². The van der Waals surface area contributed by atoms with E-state index in [1.54, 1.807) is 6.07 Å². The van der Waals surface area contributed by atoms with Gasteiger partial charge in [-0.1, -0.05) is 48.0 Å². The van der Waals surface area contributed by atoms with Crippen molar-refractivity contribution in [1.82, 2.24) is 4.98 Å². The third-order valence-corrected chi connectivity index (χ3v) is 4.60. The number of aromatic nitrogens is 2. The lowest BCUT2D eigenvalue weighted by Gasteiger charge is -2.07. The second-order valence-electron chi connectivity index (χ2n) is 6.49. The van der Waals surface area contributed by atoms with Gasteiger partial charge in [0.1, 0.15) is 18.9 Å². The Hall–Kier alpha value is -3.14. The lowest BCUT2D eigenvalue weighted by atomic mass is 10.2. The highest BCUT2D eigenvalue weighted by atomic mass is 19.1. The van der Waals surface area contributed by atoms with E-state index in [1.165, 1.54) is 11.6 Å². The summed E-state index contributed by atoms with van der Waals surface area (Å²) < 4.78 is 16.3. The van der Waals surface area contributed by atoms with Crippen LogP contribution in [0.4, 0.5) is 10.1 Å². The number of para-hydroxylation sites is 2. The molecule has 4 rings (SSSR count). The number of aromatic amines is 1. The SMILES string of the molecule is Cc1ccc(NCc2[nH]c3ccccc3[n+]2Cc2ccccc2F)cc1. The van der Waals surface area contributed by atoms with Crippen molar-refractivity contribution in [3.63, 3.8) is 0 Å². The molecule has 0 aliphatic carbocycles. The Labute approximate surface area is 152 Å². The van der Waals surface area contributed by atoms with Crippen molar-refractivity contribution in [2.75, 3.05) is 5.32 Å². The van der Waals surface area contributed by atoms with Gasteiger partial charge in [-0.25, -0.2) is 13.9 Å². The monoisotopic (exact) mass is 346 g/mol. The zero-order valence-corrected chi connectivity index (χ0v) is 14.7. The summed E-state index contributed by atoms with van der Waals surface area (Å²) in [6.07, 6.45) is 0. The smallest absolute Gasteiger partial charge is 0.275 e. The molecule has 0 fully saturated rings. The van der Waals surface area contributed by atoms with Crippen LogP contribution in [0.25, 0.3) is 11.0 Å². The number of hydrogen-bond acceptors (Lipinski definition) is 1. The number of benzene rings is 3. The maximum absolute atomic E-state index is 14.2. The van der Waals surface area contributed by atoms with Crippen LogP contribution in [0, 0.1) is 12.7 Å². The lowest BCUT2D eigenvalue weighted by Crippen LogP contribution is -2.39. The van der Waals surface area contributed by atoms with E-state index in [0.29, 0.717) is 18.7 Å². The van der Waals surface area contributed by atoms with E-state index in [2.05, 4.69) is 52.1 Å². The third-order valence-electron chi connectivity index (χ3n) is 4.60. The second-order valence-corrected chi connectivity index (χ2v) is 6.49. The van der Waals surface area contributed by atoms with E-state index in [4.69, 9.17) is 0 Å². The van der Waals surface area contributed by atoms with Crippen LogP contribution in [0.1, 0.15) is 17.0 Å². The van der Waals surface area contributed by atoms with Crippen molar-refractivity contribution in [2.45, 2.75) is 20.0 Å². The van der Waals surface area contributed by atoms with Gasteiger partial charge in [-0.3, -0.25) is 0 Å². The van der Waals surface area contributed by atoms with Gasteiger partial charge in [-0.05, 0) is 37.3 Å². The van der Waals surface area contributed by atoms with Crippen LogP contribution in [0.2, 0.25) is 0 Å². The number of H-pyrrole nitrogens is 1. The maximum atomic E-state index is 14.2. The van der Waals surface area contributed by atoms with Gasteiger partial charge in [-0.2, -0.15) is 0 Å². The highest BCUT2D eigenvalue weighted by Crippen LogP contribution is 2.14. The first kappa shape index (κ1) is 16.3. The second kappa shape index (κ2) is 7.00. The van der Waals surface area contributed by atoms with Gasteiger partial charge >= 0.3 is 0 Å². The zero-order valence-electron chi connectivity index (χ0n) is 14.7. The van der Waals surface area contributed by atoms with Gasteiger partial charge in [0.15, 0.2) is 11.0 Å². The summed E-state index contributed by atoms with van der Waals surface area (Å²) in [6.45, 7) is 3.19. The molecule has 0 spiro atoms. The molecule has 0 saturated carbocycles. The molecule has 1 heterocycles. The van der Waals surface area contributed by atoms with Crippen LogP contribution < -0.4 is 9.88 Å². The van der Waals surface area contributed by atoms with Crippen LogP contribution in [-0.4, -0.2) is 4.98 Å². The summed E-state index contributed by atoms with van der Waals surface area (Å²) in [4.78, 5) is 3.46. The van der Waals surface area contributed by atoms with Gasteiger partial charge in [0.05, 0.1) is 0 Å². The first-order valence-electron chi connectivity index (χ1n) is 8.74. The molecule has 3 aromatic carbocycles. The fourth-order valence-corrected chi connectivity index (χ4v) is 3.16. The molecular weight excluding hydrogens is 325 g/mol. The number of aryl methyl sites for hydroxylation is 1. The number of halogens is 1. The van der Waals surface area contributed by atoms with Crippen molar-refractivity contribution in [3.05, 3.63) is 95.6 Å². The van der Waals surface area contributed by atoms with Crippen LogP contribution >= 0.6 is 0 Å². The maximum Gasteiger partial charge on any atom is 0.275 e. The quantitative estimate of drug-likeness (QED) is 0.510. The molecule has 0 aliphatic rings. The molecule has 0 unspecified atom stereocenters. The third kappa shape index (κ3) is 3.31.